The molecule has 0 amide bonds. The van der Waals surface area contributed by atoms with Gasteiger partial charge in [0.1, 0.15) is 4.21 Å². The molecule has 2 aromatic heterocycles. The number of hydrogen-bond donors (Lipinski definition) is 1. The number of fused-ring (bicyclic) bond motifs is 1. The standard InChI is InChI=1S/C12H9ClN2O2S3/c1-7-3-2-4-8-11(7)14-12(18-8)15-20(16,17)10-6-5-9(13)19-10/h2-6H,1H3,(H,14,15). The lowest BCUT2D eigenvalue weighted by molar-refractivity contribution is 0.603. The summed E-state index contributed by atoms with van der Waals surface area (Å²) in [5, 5.41) is 0.360. The van der Waals surface area contributed by atoms with E-state index < -0.39 is 10.0 Å². The first-order chi connectivity index (χ1) is 9.45. The van der Waals surface area contributed by atoms with Crippen LogP contribution in [0.15, 0.2) is 34.5 Å². The fourth-order valence-corrected chi connectivity index (χ4v) is 5.40. The zero-order valence-corrected chi connectivity index (χ0v) is 13.5. The van der Waals surface area contributed by atoms with Crippen LogP contribution < -0.4 is 4.72 Å². The molecule has 0 bridgehead atoms. The van der Waals surface area contributed by atoms with Gasteiger partial charge < -0.3 is 0 Å². The lowest BCUT2D eigenvalue weighted by Crippen LogP contribution is -2.11. The van der Waals surface area contributed by atoms with E-state index in [4.69, 9.17) is 11.6 Å². The molecule has 0 aliphatic rings. The molecule has 0 saturated carbocycles. The molecule has 0 fully saturated rings. The lowest BCUT2D eigenvalue weighted by atomic mass is 10.2. The summed E-state index contributed by atoms with van der Waals surface area (Å²) >= 11 is 8.09. The molecule has 0 saturated heterocycles. The van der Waals surface area contributed by atoms with Crippen molar-refractivity contribution < 1.29 is 8.42 Å². The predicted molar refractivity (Wildman–Crippen MR) is 84.5 cm³/mol. The maximum absolute atomic E-state index is 12.2. The fraction of sp³-hybridized carbons (Fsp3) is 0.0833. The van der Waals surface area contributed by atoms with Gasteiger partial charge in [0.15, 0.2) is 5.13 Å². The van der Waals surface area contributed by atoms with Crippen molar-refractivity contribution in [2.75, 3.05) is 4.72 Å². The van der Waals surface area contributed by atoms with Gasteiger partial charge in [-0.3, -0.25) is 4.72 Å². The highest BCUT2D eigenvalue weighted by molar-refractivity contribution is 7.95. The van der Waals surface area contributed by atoms with Gasteiger partial charge in [0.2, 0.25) is 0 Å². The third kappa shape index (κ3) is 2.54. The van der Waals surface area contributed by atoms with Crippen LogP contribution in [0, 0.1) is 6.92 Å². The number of halogens is 1. The van der Waals surface area contributed by atoms with E-state index in [-0.39, 0.29) is 4.21 Å². The summed E-state index contributed by atoms with van der Waals surface area (Å²) in [6, 6.07) is 8.82. The molecule has 1 aromatic carbocycles. The Morgan fingerprint density at radius 3 is 2.65 bits per heavy atom. The topological polar surface area (TPSA) is 59.1 Å². The quantitative estimate of drug-likeness (QED) is 0.777. The Morgan fingerprint density at radius 1 is 1.20 bits per heavy atom. The first-order valence-electron chi connectivity index (χ1n) is 5.60. The Balaban J connectivity index is 1.99. The monoisotopic (exact) mass is 344 g/mol. The summed E-state index contributed by atoms with van der Waals surface area (Å²) < 4.78 is 28.4. The number of rotatable bonds is 3. The first kappa shape index (κ1) is 13.8. The van der Waals surface area contributed by atoms with E-state index in [2.05, 4.69) is 9.71 Å². The number of hydrogen-bond acceptors (Lipinski definition) is 5. The van der Waals surface area contributed by atoms with Crippen LogP contribution in [0.2, 0.25) is 4.34 Å². The molecule has 0 spiro atoms. The molecule has 104 valence electrons. The third-order valence-corrected chi connectivity index (χ3v) is 6.78. The van der Waals surface area contributed by atoms with Gasteiger partial charge >= 0.3 is 0 Å². The minimum absolute atomic E-state index is 0.179. The lowest BCUT2D eigenvalue weighted by Gasteiger charge is -2.01. The maximum atomic E-state index is 12.2. The number of thiazole rings is 1. The fourth-order valence-electron chi connectivity index (χ4n) is 1.74. The molecule has 8 heteroatoms. The Morgan fingerprint density at radius 2 is 2.00 bits per heavy atom. The van der Waals surface area contributed by atoms with Crippen molar-refractivity contribution in [1.82, 2.24) is 4.98 Å². The SMILES string of the molecule is Cc1cccc2sc(NS(=O)(=O)c3ccc(Cl)s3)nc12. The number of sulfonamides is 1. The molecule has 3 rings (SSSR count). The second-order valence-electron chi connectivity index (χ2n) is 4.10. The van der Waals surface area contributed by atoms with Crippen LogP contribution in [0.1, 0.15) is 5.56 Å². The van der Waals surface area contributed by atoms with Gasteiger partial charge in [-0.15, -0.1) is 11.3 Å². The molecular formula is C12H9ClN2O2S3. The van der Waals surface area contributed by atoms with Gasteiger partial charge in [-0.2, -0.15) is 0 Å². The highest BCUT2D eigenvalue weighted by Gasteiger charge is 2.19. The molecule has 1 N–H and O–H groups in total. The Labute approximate surface area is 129 Å². The zero-order valence-electron chi connectivity index (χ0n) is 10.3. The minimum Gasteiger partial charge on any atom is -0.254 e. The van der Waals surface area contributed by atoms with E-state index in [0.29, 0.717) is 9.47 Å². The van der Waals surface area contributed by atoms with Gasteiger partial charge in [0.25, 0.3) is 10.0 Å². The summed E-state index contributed by atoms with van der Waals surface area (Å²) in [6.07, 6.45) is 0. The van der Waals surface area contributed by atoms with Crippen molar-refractivity contribution in [3.63, 3.8) is 0 Å². The van der Waals surface area contributed by atoms with Gasteiger partial charge in [-0.25, -0.2) is 13.4 Å². The van der Waals surface area contributed by atoms with Crippen molar-refractivity contribution in [2.24, 2.45) is 0 Å². The van der Waals surface area contributed by atoms with Crippen molar-refractivity contribution in [2.45, 2.75) is 11.1 Å². The highest BCUT2D eigenvalue weighted by Crippen LogP contribution is 2.31. The van der Waals surface area contributed by atoms with Gasteiger partial charge in [-0.1, -0.05) is 35.1 Å². The van der Waals surface area contributed by atoms with Crippen LogP contribution in [0.3, 0.4) is 0 Å². The smallest absolute Gasteiger partial charge is 0.254 e. The van der Waals surface area contributed by atoms with E-state index in [1.165, 1.54) is 17.4 Å². The summed E-state index contributed by atoms with van der Waals surface area (Å²) in [6.45, 7) is 1.94. The third-order valence-electron chi connectivity index (χ3n) is 2.66. The van der Waals surface area contributed by atoms with Crippen molar-refractivity contribution in [3.8, 4) is 0 Å². The van der Waals surface area contributed by atoms with Gasteiger partial charge in [0.05, 0.1) is 14.6 Å². The molecule has 2 heterocycles. The average molecular weight is 345 g/mol. The van der Waals surface area contributed by atoms with Crippen LogP contribution in [0.25, 0.3) is 10.2 Å². The Bertz CT molecular complexity index is 883. The minimum atomic E-state index is -3.62. The molecule has 0 unspecified atom stereocenters. The van der Waals surface area contributed by atoms with E-state index in [9.17, 15) is 8.42 Å². The summed E-state index contributed by atoms with van der Waals surface area (Å²) in [4.78, 5) is 4.33. The van der Waals surface area contributed by atoms with Crippen LogP contribution in [0.4, 0.5) is 5.13 Å². The number of thiophene rings is 1. The van der Waals surface area contributed by atoms with Gasteiger partial charge in [-0.05, 0) is 30.7 Å². The molecule has 0 aliphatic heterocycles. The van der Waals surface area contributed by atoms with E-state index in [1.807, 2.05) is 25.1 Å². The largest absolute Gasteiger partial charge is 0.273 e. The average Bonchev–Trinajstić information content (AvgIpc) is 2.96. The number of benzene rings is 1. The van der Waals surface area contributed by atoms with Crippen LogP contribution in [0.5, 0.6) is 0 Å². The summed E-state index contributed by atoms with van der Waals surface area (Å²) in [7, 11) is -3.62. The molecule has 0 atom stereocenters. The van der Waals surface area contributed by atoms with E-state index >= 15 is 0 Å². The van der Waals surface area contributed by atoms with Gasteiger partial charge in [0, 0.05) is 0 Å². The molecule has 4 nitrogen and oxygen atoms in total. The number of anilines is 1. The van der Waals surface area contributed by atoms with Crippen LogP contribution >= 0.6 is 34.3 Å². The number of aromatic nitrogens is 1. The van der Waals surface area contributed by atoms with Crippen LogP contribution in [-0.2, 0) is 10.0 Å². The molecule has 20 heavy (non-hydrogen) atoms. The normalized spacial score (nSPS) is 11.9. The highest BCUT2D eigenvalue weighted by atomic mass is 35.5. The van der Waals surface area contributed by atoms with E-state index in [1.54, 1.807) is 6.07 Å². The Kier molecular flexibility index (Phi) is 3.45. The molecule has 0 aliphatic carbocycles. The maximum Gasteiger partial charge on any atom is 0.273 e. The second kappa shape index (κ2) is 5.00. The number of aryl methyl sites for hydroxylation is 1. The second-order valence-corrected chi connectivity index (χ2v) is 8.76. The number of nitrogens with zero attached hydrogens (tertiary/aromatic N) is 1. The van der Waals surface area contributed by atoms with Crippen LogP contribution in [-0.4, -0.2) is 13.4 Å². The zero-order chi connectivity index (χ0) is 14.3. The molecule has 3 aromatic rings. The first-order valence-corrected chi connectivity index (χ1v) is 9.09. The van der Waals surface area contributed by atoms with Crippen molar-refractivity contribution in [1.29, 1.82) is 0 Å². The van der Waals surface area contributed by atoms with Crippen molar-refractivity contribution >= 4 is 59.6 Å². The Hall–Kier alpha value is -1.15. The summed E-state index contributed by atoms with van der Waals surface area (Å²) in [5.74, 6) is 0. The molecule has 0 radical (unpaired) electrons. The predicted octanol–water partition coefficient (Wildman–Crippen LogP) is 4.12. The molecular weight excluding hydrogens is 336 g/mol. The summed E-state index contributed by atoms with van der Waals surface area (Å²) in [5.41, 5.74) is 1.84. The van der Waals surface area contributed by atoms with E-state index in [0.717, 1.165) is 27.1 Å². The number of nitrogens with one attached hydrogen (secondary N) is 1. The number of para-hydroxylation sites is 1. The van der Waals surface area contributed by atoms with Crippen molar-refractivity contribution in [3.05, 3.63) is 40.2 Å².